The van der Waals surface area contributed by atoms with E-state index in [9.17, 15) is 8.78 Å². The van der Waals surface area contributed by atoms with Gasteiger partial charge in [0, 0.05) is 28.4 Å². The second-order valence-corrected chi connectivity index (χ2v) is 9.04. The summed E-state index contributed by atoms with van der Waals surface area (Å²) >= 11 is 2.87. The maximum atomic E-state index is 14.8. The number of rotatable bonds is 3. The molecule has 0 amide bonds. The van der Waals surface area contributed by atoms with Gasteiger partial charge in [0.15, 0.2) is 11.6 Å². The van der Waals surface area contributed by atoms with Crippen molar-refractivity contribution >= 4 is 54.5 Å². The molecule has 1 aliphatic heterocycles. The van der Waals surface area contributed by atoms with E-state index in [1.165, 1.54) is 27.8 Å². The summed E-state index contributed by atoms with van der Waals surface area (Å²) in [5, 5.41) is 7.37. The number of fused-ring (bicyclic) bond motifs is 2. The predicted molar refractivity (Wildman–Crippen MR) is 112 cm³/mol. The van der Waals surface area contributed by atoms with Crippen LogP contribution in [-0.4, -0.2) is 22.6 Å². The number of anilines is 2. The van der Waals surface area contributed by atoms with Crippen LogP contribution in [0.3, 0.4) is 0 Å². The summed E-state index contributed by atoms with van der Waals surface area (Å²) in [6, 6.07) is 5.59. The third kappa shape index (κ3) is 2.96. The number of hydrogen-bond donors (Lipinski definition) is 2. The Balaban J connectivity index is 1.56. The van der Waals surface area contributed by atoms with Gasteiger partial charge >= 0.3 is 0 Å². The van der Waals surface area contributed by atoms with Crippen LogP contribution in [0.4, 0.5) is 20.2 Å². The van der Waals surface area contributed by atoms with Crippen molar-refractivity contribution < 1.29 is 8.78 Å². The van der Waals surface area contributed by atoms with Crippen LogP contribution in [0, 0.1) is 11.6 Å². The average molecular weight is 417 g/mol. The molecule has 0 unspecified atom stereocenters. The van der Waals surface area contributed by atoms with Crippen molar-refractivity contribution in [3.8, 4) is 0 Å². The number of thiophene rings is 1. The summed E-state index contributed by atoms with van der Waals surface area (Å²) in [6.45, 7) is 3.25. The first-order valence-corrected chi connectivity index (χ1v) is 10.9. The molecule has 4 nitrogen and oxygen atoms in total. The Morgan fingerprint density at radius 1 is 1.25 bits per heavy atom. The quantitative estimate of drug-likeness (QED) is 0.444. The molecule has 0 saturated carbocycles. The first kappa shape index (κ1) is 17.9. The van der Waals surface area contributed by atoms with Gasteiger partial charge in [-0.2, -0.15) is 0 Å². The van der Waals surface area contributed by atoms with Crippen molar-refractivity contribution in [2.45, 2.75) is 31.7 Å². The molecular weight excluding hydrogens is 398 g/mol. The summed E-state index contributed by atoms with van der Waals surface area (Å²) in [6.07, 6.45) is 3.95. The molecule has 1 saturated heterocycles. The Labute approximate surface area is 168 Å². The third-order valence-corrected chi connectivity index (χ3v) is 7.31. The van der Waals surface area contributed by atoms with Gasteiger partial charge in [0.2, 0.25) is 0 Å². The Hall–Kier alpha value is -2.16. The minimum Gasteiger partial charge on any atom is -0.350 e. The van der Waals surface area contributed by atoms with Gasteiger partial charge in [-0.15, -0.1) is 22.7 Å². The van der Waals surface area contributed by atoms with Crippen LogP contribution in [0.2, 0.25) is 0 Å². The Kier molecular flexibility index (Phi) is 4.49. The molecule has 1 aliphatic rings. The Bertz CT molecular complexity index is 1170. The number of thiazole rings is 1. The Morgan fingerprint density at radius 2 is 2.14 bits per heavy atom. The zero-order valence-corrected chi connectivity index (χ0v) is 16.8. The Morgan fingerprint density at radius 3 is 3.00 bits per heavy atom. The van der Waals surface area contributed by atoms with Crippen LogP contribution >= 0.6 is 22.7 Å². The van der Waals surface area contributed by atoms with E-state index in [4.69, 9.17) is 0 Å². The van der Waals surface area contributed by atoms with Gasteiger partial charge in [0.1, 0.15) is 16.0 Å². The first-order valence-electron chi connectivity index (χ1n) is 9.22. The normalized spacial score (nSPS) is 20.1. The fourth-order valence-electron chi connectivity index (χ4n) is 3.86. The van der Waals surface area contributed by atoms with Gasteiger partial charge in [0.25, 0.3) is 0 Å². The number of halogens is 2. The highest BCUT2D eigenvalue weighted by molar-refractivity contribution is 7.18. The summed E-state index contributed by atoms with van der Waals surface area (Å²) in [5.74, 6) is -0.859. The third-order valence-electron chi connectivity index (χ3n) is 5.36. The fraction of sp³-hybridized carbons (Fsp3) is 0.300. The maximum absolute atomic E-state index is 14.8. The van der Waals surface area contributed by atoms with Crippen LogP contribution in [-0.2, 0) is 0 Å². The van der Waals surface area contributed by atoms with Crippen molar-refractivity contribution in [3.05, 3.63) is 46.4 Å². The van der Waals surface area contributed by atoms with Gasteiger partial charge in [-0.25, -0.2) is 18.7 Å². The molecule has 2 atom stereocenters. The van der Waals surface area contributed by atoms with Crippen LogP contribution in [0.5, 0.6) is 0 Å². The largest absolute Gasteiger partial charge is 0.350 e. The van der Waals surface area contributed by atoms with E-state index in [1.807, 2.05) is 0 Å². The van der Waals surface area contributed by atoms with Gasteiger partial charge in [-0.1, -0.05) is 0 Å². The molecule has 5 rings (SSSR count). The van der Waals surface area contributed by atoms with Gasteiger partial charge in [-0.05, 0) is 44.5 Å². The van der Waals surface area contributed by atoms with E-state index in [2.05, 4.69) is 33.6 Å². The van der Waals surface area contributed by atoms with Crippen molar-refractivity contribution in [1.29, 1.82) is 0 Å². The van der Waals surface area contributed by atoms with Gasteiger partial charge in [0.05, 0.1) is 15.9 Å². The molecule has 1 aromatic carbocycles. The second kappa shape index (κ2) is 7.02. The van der Waals surface area contributed by atoms with Gasteiger partial charge < -0.3 is 10.6 Å². The van der Waals surface area contributed by atoms with Crippen LogP contribution < -0.4 is 10.6 Å². The van der Waals surface area contributed by atoms with E-state index in [0.717, 1.165) is 29.6 Å². The maximum Gasteiger partial charge on any atom is 0.176 e. The van der Waals surface area contributed by atoms with Crippen molar-refractivity contribution in [3.63, 3.8) is 0 Å². The van der Waals surface area contributed by atoms with E-state index in [1.54, 1.807) is 23.6 Å². The molecule has 4 aromatic rings. The van der Waals surface area contributed by atoms with E-state index >= 15 is 0 Å². The minimum atomic E-state index is -0.665. The number of nitrogens with zero attached hydrogens (tertiary/aromatic N) is 2. The zero-order valence-electron chi connectivity index (χ0n) is 15.1. The van der Waals surface area contributed by atoms with E-state index in [0.29, 0.717) is 22.3 Å². The van der Waals surface area contributed by atoms with Crippen molar-refractivity contribution in [2.24, 2.45) is 0 Å². The predicted octanol–water partition coefficient (Wildman–Crippen LogP) is 5.78. The molecule has 144 valence electrons. The van der Waals surface area contributed by atoms with E-state index < -0.39 is 11.6 Å². The molecule has 28 heavy (non-hydrogen) atoms. The summed E-state index contributed by atoms with van der Waals surface area (Å²) < 4.78 is 29.9. The molecule has 3 aromatic heterocycles. The highest BCUT2D eigenvalue weighted by Crippen LogP contribution is 2.39. The lowest BCUT2D eigenvalue weighted by atomic mass is 9.90. The number of aromatic nitrogens is 2. The number of nitrogens with one attached hydrogen (secondary N) is 2. The van der Waals surface area contributed by atoms with Crippen molar-refractivity contribution in [2.75, 3.05) is 11.9 Å². The molecule has 1 fully saturated rings. The van der Waals surface area contributed by atoms with E-state index in [-0.39, 0.29) is 11.2 Å². The number of piperidine rings is 1. The summed E-state index contributed by atoms with van der Waals surface area (Å²) in [4.78, 5) is 10.6. The number of hydrogen-bond acceptors (Lipinski definition) is 6. The number of benzene rings is 1. The summed E-state index contributed by atoms with van der Waals surface area (Å²) in [5.41, 5.74) is 2.18. The van der Waals surface area contributed by atoms with Crippen LogP contribution in [0.1, 0.15) is 30.6 Å². The SMILES string of the molecule is C[C@@H]1NCCC[C@@H]1c1cc2c(Nc3c(F)cc4scnc4c3F)ccnc2s1. The highest BCUT2D eigenvalue weighted by Gasteiger charge is 2.25. The lowest BCUT2D eigenvalue weighted by molar-refractivity contribution is 0.375. The molecule has 0 aliphatic carbocycles. The van der Waals surface area contributed by atoms with Crippen LogP contribution in [0.25, 0.3) is 20.4 Å². The molecule has 8 heteroatoms. The second-order valence-electron chi connectivity index (χ2n) is 7.09. The zero-order chi connectivity index (χ0) is 19.3. The molecule has 2 N–H and O–H groups in total. The van der Waals surface area contributed by atoms with Gasteiger partial charge in [-0.3, -0.25) is 0 Å². The first-order chi connectivity index (χ1) is 13.6. The topological polar surface area (TPSA) is 49.8 Å². The lowest BCUT2D eigenvalue weighted by Gasteiger charge is -2.29. The minimum absolute atomic E-state index is 0.175. The number of pyridine rings is 1. The molecular formula is C20H18F2N4S2. The molecule has 0 spiro atoms. The van der Waals surface area contributed by atoms with Crippen LogP contribution in [0.15, 0.2) is 29.9 Å². The molecule has 0 radical (unpaired) electrons. The standard InChI is InChI=1S/C20H18F2N4S2/c1-10-11(3-2-5-23-10)15-7-12-14(4-6-24-20(12)28-15)26-18-13(21)8-16-19(17(18)22)25-9-27-16/h4,6-11,23H,2-3,5H2,1H3,(H,24,26)/t10-,11-/m0/s1. The molecule has 4 heterocycles. The average Bonchev–Trinajstić information content (AvgIpc) is 3.32. The fourth-order valence-corrected chi connectivity index (χ4v) is 5.83. The van der Waals surface area contributed by atoms with Crippen molar-refractivity contribution in [1.82, 2.24) is 15.3 Å². The monoisotopic (exact) mass is 416 g/mol. The lowest BCUT2D eigenvalue weighted by Crippen LogP contribution is -2.37. The highest BCUT2D eigenvalue weighted by atomic mass is 32.1. The smallest absolute Gasteiger partial charge is 0.176 e. The summed E-state index contributed by atoms with van der Waals surface area (Å²) in [7, 11) is 0. The molecule has 0 bridgehead atoms.